The Labute approximate surface area is 196 Å². The molecule has 0 atom stereocenters. The fraction of sp³-hybridized carbons (Fsp3) is 0.292. The standard InChI is InChI=1S/C24H25N3O5S/c1-26(2)18-7-3-16(4-8-18)6-10-22(28)25-11-12-27-23(29)21(33-24(27)30)14-17-5-9-19-20(13-17)32-15-31-19/h3-5,7-9,13-14H,6,10-12,15H2,1-2H3,(H,25,28)/b21-14-. The summed E-state index contributed by atoms with van der Waals surface area (Å²) in [6.45, 7) is 0.518. The summed E-state index contributed by atoms with van der Waals surface area (Å²) >= 11 is 0.890. The van der Waals surface area contributed by atoms with Crippen LogP contribution in [-0.2, 0) is 16.0 Å². The van der Waals surface area contributed by atoms with Crippen molar-refractivity contribution in [1.82, 2.24) is 10.2 Å². The van der Waals surface area contributed by atoms with Crippen LogP contribution < -0.4 is 19.7 Å². The van der Waals surface area contributed by atoms with E-state index >= 15 is 0 Å². The first-order chi connectivity index (χ1) is 15.9. The predicted octanol–water partition coefficient (Wildman–Crippen LogP) is 3.27. The molecule has 0 saturated carbocycles. The van der Waals surface area contributed by atoms with Crippen molar-refractivity contribution < 1.29 is 23.9 Å². The third-order valence-corrected chi connectivity index (χ3v) is 6.23. The van der Waals surface area contributed by atoms with Gasteiger partial charge in [-0.3, -0.25) is 19.3 Å². The zero-order chi connectivity index (χ0) is 23.4. The summed E-state index contributed by atoms with van der Waals surface area (Å²) in [6, 6.07) is 13.4. The van der Waals surface area contributed by atoms with E-state index in [0.29, 0.717) is 29.2 Å². The summed E-state index contributed by atoms with van der Waals surface area (Å²) in [6.07, 6.45) is 2.62. The average Bonchev–Trinajstić information content (AvgIpc) is 3.37. The number of carbonyl (C=O) groups excluding carboxylic acids is 3. The van der Waals surface area contributed by atoms with E-state index in [2.05, 4.69) is 5.32 Å². The average molecular weight is 468 g/mol. The number of amides is 3. The lowest BCUT2D eigenvalue weighted by Crippen LogP contribution is -2.37. The van der Waals surface area contributed by atoms with E-state index < -0.39 is 0 Å². The van der Waals surface area contributed by atoms with Gasteiger partial charge in [0.05, 0.1) is 4.91 Å². The Balaban J connectivity index is 1.25. The van der Waals surface area contributed by atoms with E-state index in [-0.39, 0.29) is 36.9 Å². The van der Waals surface area contributed by atoms with Crippen molar-refractivity contribution in [3.63, 3.8) is 0 Å². The topological polar surface area (TPSA) is 88.2 Å². The lowest BCUT2D eigenvalue weighted by Gasteiger charge is -2.13. The Morgan fingerprint density at radius 1 is 1.12 bits per heavy atom. The molecule has 2 aliphatic rings. The molecule has 33 heavy (non-hydrogen) atoms. The number of hydrogen-bond acceptors (Lipinski definition) is 7. The molecule has 2 aromatic carbocycles. The minimum absolute atomic E-state index is 0.116. The summed E-state index contributed by atoms with van der Waals surface area (Å²) in [7, 11) is 3.96. The van der Waals surface area contributed by atoms with Gasteiger partial charge in [0.25, 0.3) is 11.1 Å². The molecule has 2 aliphatic heterocycles. The number of nitrogens with zero attached hydrogens (tertiary/aromatic N) is 2. The highest BCUT2D eigenvalue weighted by Crippen LogP contribution is 2.36. The maximum absolute atomic E-state index is 12.7. The summed E-state index contributed by atoms with van der Waals surface area (Å²) < 4.78 is 10.6. The molecule has 0 aliphatic carbocycles. The van der Waals surface area contributed by atoms with Crippen LogP contribution in [0, 0.1) is 0 Å². The number of benzene rings is 2. The summed E-state index contributed by atoms with van der Waals surface area (Å²) in [5.74, 6) is 0.786. The van der Waals surface area contributed by atoms with Crippen LogP contribution in [0.3, 0.4) is 0 Å². The maximum Gasteiger partial charge on any atom is 0.293 e. The number of hydrogen-bond donors (Lipinski definition) is 1. The fourth-order valence-electron chi connectivity index (χ4n) is 3.46. The number of ether oxygens (including phenoxy) is 2. The zero-order valence-corrected chi connectivity index (χ0v) is 19.3. The molecule has 172 valence electrons. The summed E-state index contributed by atoms with van der Waals surface area (Å²) in [5.41, 5.74) is 2.93. The van der Waals surface area contributed by atoms with Crippen LogP contribution in [-0.4, -0.2) is 55.9 Å². The number of rotatable bonds is 8. The van der Waals surface area contributed by atoms with Gasteiger partial charge in [-0.25, -0.2) is 0 Å². The first-order valence-electron chi connectivity index (χ1n) is 10.6. The molecule has 0 aromatic heterocycles. The van der Waals surface area contributed by atoms with Crippen molar-refractivity contribution in [2.24, 2.45) is 0 Å². The van der Waals surface area contributed by atoms with Crippen LogP contribution in [0.1, 0.15) is 17.5 Å². The second-order valence-electron chi connectivity index (χ2n) is 7.86. The largest absolute Gasteiger partial charge is 0.454 e. The van der Waals surface area contributed by atoms with Gasteiger partial charge in [-0.1, -0.05) is 18.2 Å². The molecule has 0 radical (unpaired) electrons. The Hall–Kier alpha value is -3.46. The summed E-state index contributed by atoms with van der Waals surface area (Å²) in [4.78, 5) is 40.7. The van der Waals surface area contributed by atoms with E-state index in [1.165, 1.54) is 0 Å². The van der Waals surface area contributed by atoms with Crippen LogP contribution in [0.5, 0.6) is 11.5 Å². The van der Waals surface area contributed by atoms with Crippen molar-refractivity contribution in [3.05, 3.63) is 58.5 Å². The van der Waals surface area contributed by atoms with Gasteiger partial charge in [0.2, 0.25) is 12.7 Å². The molecular formula is C24H25N3O5S. The van der Waals surface area contributed by atoms with Crippen molar-refractivity contribution >= 4 is 40.6 Å². The first-order valence-corrected chi connectivity index (χ1v) is 11.4. The fourth-order valence-corrected chi connectivity index (χ4v) is 4.33. The SMILES string of the molecule is CN(C)c1ccc(CCC(=O)NCCN2C(=O)S/C(=C\c3ccc4c(c3)OCO4)C2=O)cc1. The van der Waals surface area contributed by atoms with E-state index in [0.717, 1.165) is 33.5 Å². The number of anilines is 1. The smallest absolute Gasteiger partial charge is 0.293 e. The Morgan fingerprint density at radius 3 is 2.64 bits per heavy atom. The monoisotopic (exact) mass is 467 g/mol. The highest BCUT2D eigenvalue weighted by atomic mass is 32.2. The number of nitrogens with one attached hydrogen (secondary N) is 1. The van der Waals surface area contributed by atoms with Gasteiger partial charge in [0.15, 0.2) is 11.5 Å². The van der Waals surface area contributed by atoms with Gasteiger partial charge >= 0.3 is 0 Å². The van der Waals surface area contributed by atoms with Crippen LogP contribution in [0.2, 0.25) is 0 Å². The Morgan fingerprint density at radius 2 is 1.88 bits per heavy atom. The Kier molecular flexibility index (Phi) is 6.88. The second kappa shape index (κ2) is 9.99. The van der Waals surface area contributed by atoms with E-state index in [4.69, 9.17) is 9.47 Å². The van der Waals surface area contributed by atoms with Crippen LogP contribution in [0.25, 0.3) is 6.08 Å². The number of carbonyl (C=O) groups is 3. The predicted molar refractivity (Wildman–Crippen MR) is 127 cm³/mol. The molecule has 2 heterocycles. The van der Waals surface area contributed by atoms with Crippen LogP contribution >= 0.6 is 11.8 Å². The summed E-state index contributed by atoms with van der Waals surface area (Å²) in [5, 5.41) is 2.45. The van der Waals surface area contributed by atoms with Gasteiger partial charge in [0.1, 0.15) is 0 Å². The first kappa shape index (κ1) is 22.7. The molecule has 1 saturated heterocycles. The van der Waals surface area contributed by atoms with Crippen molar-refractivity contribution in [2.45, 2.75) is 12.8 Å². The van der Waals surface area contributed by atoms with E-state index in [1.807, 2.05) is 43.3 Å². The third-order valence-electron chi connectivity index (χ3n) is 5.32. The molecule has 9 heteroatoms. The molecule has 8 nitrogen and oxygen atoms in total. The van der Waals surface area contributed by atoms with Gasteiger partial charge in [-0.2, -0.15) is 0 Å². The van der Waals surface area contributed by atoms with Crippen molar-refractivity contribution in [1.29, 1.82) is 0 Å². The van der Waals surface area contributed by atoms with Crippen molar-refractivity contribution in [2.75, 3.05) is 38.9 Å². The number of fused-ring (bicyclic) bond motifs is 1. The van der Waals surface area contributed by atoms with Crippen molar-refractivity contribution in [3.8, 4) is 11.5 Å². The molecule has 2 aromatic rings. The molecular weight excluding hydrogens is 442 g/mol. The highest BCUT2D eigenvalue weighted by Gasteiger charge is 2.34. The van der Waals surface area contributed by atoms with Gasteiger partial charge in [-0.05, 0) is 59.7 Å². The quantitative estimate of drug-likeness (QED) is 0.596. The van der Waals surface area contributed by atoms with Crippen LogP contribution in [0.15, 0.2) is 47.4 Å². The molecule has 1 fully saturated rings. The van der Waals surface area contributed by atoms with E-state index in [9.17, 15) is 14.4 Å². The lowest BCUT2D eigenvalue weighted by atomic mass is 10.1. The number of aryl methyl sites for hydroxylation is 1. The Bertz CT molecular complexity index is 1100. The van der Waals surface area contributed by atoms with Gasteiger partial charge in [-0.15, -0.1) is 0 Å². The number of thioether (sulfide) groups is 1. The maximum atomic E-state index is 12.7. The minimum Gasteiger partial charge on any atom is -0.454 e. The lowest BCUT2D eigenvalue weighted by molar-refractivity contribution is -0.124. The number of imide groups is 1. The second-order valence-corrected chi connectivity index (χ2v) is 8.85. The molecule has 0 bridgehead atoms. The van der Waals surface area contributed by atoms with Crippen LogP contribution in [0.4, 0.5) is 10.5 Å². The molecule has 0 unspecified atom stereocenters. The highest BCUT2D eigenvalue weighted by molar-refractivity contribution is 8.18. The minimum atomic E-state index is -0.363. The zero-order valence-electron chi connectivity index (χ0n) is 18.5. The van der Waals surface area contributed by atoms with E-state index in [1.54, 1.807) is 24.3 Å². The normalized spacial score (nSPS) is 15.9. The molecule has 1 N–H and O–H groups in total. The molecule has 4 rings (SSSR count). The molecule has 3 amide bonds. The third kappa shape index (κ3) is 5.48. The van der Waals surface area contributed by atoms with Gasteiger partial charge in [0, 0.05) is 39.3 Å². The molecule has 0 spiro atoms. The van der Waals surface area contributed by atoms with Gasteiger partial charge < -0.3 is 19.7 Å².